The van der Waals surface area contributed by atoms with E-state index in [1.165, 1.54) is 0 Å². The van der Waals surface area contributed by atoms with Crippen LogP contribution in [0.25, 0.3) is 0 Å². The molecular weight excluding hydrogens is 220 g/mol. The summed E-state index contributed by atoms with van der Waals surface area (Å²) in [5.41, 5.74) is -0.167. The van der Waals surface area contributed by atoms with Crippen molar-refractivity contribution in [3.05, 3.63) is 21.6 Å². The molecular formula is C8H11ClN4O2. The van der Waals surface area contributed by atoms with E-state index in [9.17, 15) is 10.1 Å². The summed E-state index contributed by atoms with van der Waals surface area (Å²) < 4.78 is 0. The van der Waals surface area contributed by atoms with E-state index in [1.54, 1.807) is 0 Å². The number of hydrogen-bond acceptors (Lipinski definition) is 5. The SMILES string of the molecule is CCC(C)Nc1nc(Cl)ncc1[N+](=O)[O-]. The highest BCUT2D eigenvalue weighted by molar-refractivity contribution is 6.28. The second-order valence-corrected chi connectivity index (χ2v) is 3.42. The van der Waals surface area contributed by atoms with Crippen LogP contribution in [0.2, 0.25) is 5.28 Å². The van der Waals surface area contributed by atoms with Crippen LogP contribution in [-0.2, 0) is 0 Å². The lowest BCUT2D eigenvalue weighted by Gasteiger charge is -2.11. The lowest BCUT2D eigenvalue weighted by Crippen LogP contribution is -2.16. The summed E-state index contributed by atoms with van der Waals surface area (Å²) in [5.74, 6) is 0.161. The highest BCUT2D eigenvalue weighted by Crippen LogP contribution is 2.22. The molecule has 0 spiro atoms. The molecule has 1 aromatic heterocycles. The Labute approximate surface area is 91.8 Å². The van der Waals surface area contributed by atoms with Crippen molar-refractivity contribution in [3.8, 4) is 0 Å². The molecule has 1 unspecified atom stereocenters. The van der Waals surface area contributed by atoms with Gasteiger partial charge in [0.25, 0.3) is 0 Å². The quantitative estimate of drug-likeness (QED) is 0.487. The zero-order valence-electron chi connectivity index (χ0n) is 8.40. The largest absolute Gasteiger partial charge is 0.362 e. The number of aromatic nitrogens is 2. The van der Waals surface area contributed by atoms with Crippen LogP contribution in [0.1, 0.15) is 20.3 Å². The average molecular weight is 231 g/mol. The van der Waals surface area contributed by atoms with Crippen molar-refractivity contribution in [3.63, 3.8) is 0 Å². The van der Waals surface area contributed by atoms with Gasteiger partial charge in [-0.3, -0.25) is 10.1 Å². The highest BCUT2D eigenvalue weighted by atomic mass is 35.5. The van der Waals surface area contributed by atoms with E-state index in [2.05, 4.69) is 15.3 Å². The molecule has 0 saturated carbocycles. The number of nitrogens with zero attached hydrogens (tertiary/aromatic N) is 3. The van der Waals surface area contributed by atoms with Gasteiger partial charge in [-0.1, -0.05) is 6.92 Å². The van der Waals surface area contributed by atoms with Crippen LogP contribution in [0, 0.1) is 10.1 Å². The van der Waals surface area contributed by atoms with Crippen molar-refractivity contribution >= 4 is 23.1 Å². The summed E-state index contributed by atoms with van der Waals surface area (Å²) in [7, 11) is 0. The molecule has 0 bridgehead atoms. The molecule has 0 amide bonds. The monoisotopic (exact) mass is 230 g/mol. The second kappa shape index (κ2) is 4.88. The van der Waals surface area contributed by atoms with E-state index in [0.29, 0.717) is 0 Å². The first kappa shape index (κ1) is 11.6. The fourth-order valence-corrected chi connectivity index (χ4v) is 1.06. The molecule has 0 saturated heterocycles. The first-order valence-corrected chi connectivity index (χ1v) is 4.85. The average Bonchev–Trinajstić information content (AvgIpc) is 2.17. The van der Waals surface area contributed by atoms with Gasteiger partial charge in [0.1, 0.15) is 6.20 Å². The molecule has 7 heteroatoms. The molecule has 1 heterocycles. The van der Waals surface area contributed by atoms with Gasteiger partial charge in [0, 0.05) is 6.04 Å². The van der Waals surface area contributed by atoms with Crippen LogP contribution in [0.5, 0.6) is 0 Å². The van der Waals surface area contributed by atoms with E-state index in [1.807, 2.05) is 13.8 Å². The Morgan fingerprint density at radius 2 is 2.40 bits per heavy atom. The smallest absolute Gasteiger partial charge is 0.329 e. The first-order chi connectivity index (χ1) is 7.04. The van der Waals surface area contributed by atoms with Crippen molar-refractivity contribution in [2.24, 2.45) is 0 Å². The molecule has 0 radical (unpaired) electrons. The second-order valence-electron chi connectivity index (χ2n) is 3.08. The Balaban J connectivity index is 3.02. The van der Waals surface area contributed by atoms with Gasteiger partial charge in [-0.05, 0) is 24.9 Å². The minimum atomic E-state index is -0.541. The third-order valence-electron chi connectivity index (χ3n) is 1.93. The molecule has 82 valence electrons. The number of nitro groups is 1. The summed E-state index contributed by atoms with van der Waals surface area (Å²) >= 11 is 5.56. The third-order valence-corrected chi connectivity index (χ3v) is 2.11. The first-order valence-electron chi connectivity index (χ1n) is 4.48. The van der Waals surface area contributed by atoms with Gasteiger partial charge in [-0.25, -0.2) is 4.98 Å². The predicted octanol–water partition coefficient (Wildman–Crippen LogP) is 2.25. The Morgan fingerprint density at radius 1 is 1.73 bits per heavy atom. The molecule has 0 aliphatic heterocycles. The minimum absolute atomic E-state index is 0.00796. The molecule has 6 nitrogen and oxygen atoms in total. The summed E-state index contributed by atoms with van der Waals surface area (Å²) in [6.45, 7) is 3.87. The molecule has 0 aliphatic rings. The van der Waals surface area contributed by atoms with Crippen molar-refractivity contribution in [2.45, 2.75) is 26.3 Å². The fourth-order valence-electron chi connectivity index (χ4n) is 0.929. The minimum Gasteiger partial charge on any atom is -0.362 e. The maximum atomic E-state index is 10.6. The summed E-state index contributed by atoms with van der Waals surface area (Å²) in [5, 5.41) is 13.5. The van der Waals surface area contributed by atoms with E-state index in [-0.39, 0.29) is 22.8 Å². The van der Waals surface area contributed by atoms with Gasteiger partial charge < -0.3 is 5.32 Å². The lowest BCUT2D eigenvalue weighted by molar-refractivity contribution is -0.384. The van der Waals surface area contributed by atoms with Crippen LogP contribution in [-0.4, -0.2) is 20.9 Å². The summed E-state index contributed by atoms with van der Waals surface area (Å²) in [6.07, 6.45) is 1.93. The number of nitrogens with one attached hydrogen (secondary N) is 1. The summed E-state index contributed by atoms with van der Waals surface area (Å²) in [4.78, 5) is 17.5. The van der Waals surface area contributed by atoms with Crippen LogP contribution < -0.4 is 5.32 Å². The standard InChI is InChI=1S/C8H11ClN4O2/c1-3-5(2)11-7-6(13(14)15)4-10-8(9)12-7/h4-5H,3H2,1-2H3,(H,10,11,12). The van der Waals surface area contributed by atoms with Crippen LogP contribution in [0.3, 0.4) is 0 Å². The van der Waals surface area contributed by atoms with E-state index >= 15 is 0 Å². The highest BCUT2D eigenvalue weighted by Gasteiger charge is 2.17. The van der Waals surface area contributed by atoms with Crippen molar-refractivity contribution < 1.29 is 4.92 Å². The molecule has 1 rings (SSSR count). The maximum Gasteiger partial charge on any atom is 0.329 e. The molecule has 0 fully saturated rings. The Bertz CT molecular complexity index is 372. The molecule has 15 heavy (non-hydrogen) atoms. The number of rotatable bonds is 4. The lowest BCUT2D eigenvalue weighted by atomic mass is 10.2. The van der Waals surface area contributed by atoms with E-state index < -0.39 is 4.92 Å². The molecule has 1 atom stereocenters. The number of hydrogen-bond donors (Lipinski definition) is 1. The van der Waals surface area contributed by atoms with Gasteiger partial charge in [0.15, 0.2) is 0 Å². The van der Waals surface area contributed by atoms with Gasteiger partial charge in [0.05, 0.1) is 4.92 Å². The zero-order chi connectivity index (χ0) is 11.4. The van der Waals surface area contributed by atoms with Crippen LogP contribution >= 0.6 is 11.6 Å². The number of halogens is 1. The summed E-state index contributed by atoms with van der Waals surface area (Å²) in [6, 6.07) is 0.0923. The maximum absolute atomic E-state index is 10.6. The zero-order valence-corrected chi connectivity index (χ0v) is 9.15. The number of anilines is 1. The topological polar surface area (TPSA) is 81.0 Å². The Morgan fingerprint density at radius 3 is 2.93 bits per heavy atom. The van der Waals surface area contributed by atoms with Crippen LogP contribution in [0.15, 0.2) is 6.20 Å². The third kappa shape index (κ3) is 3.02. The van der Waals surface area contributed by atoms with Crippen molar-refractivity contribution in [1.82, 2.24) is 9.97 Å². The van der Waals surface area contributed by atoms with E-state index in [4.69, 9.17) is 11.6 Å². The molecule has 0 aliphatic carbocycles. The van der Waals surface area contributed by atoms with Gasteiger partial charge in [-0.15, -0.1) is 0 Å². The molecule has 1 aromatic rings. The van der Waals surface area contributed by atoms with Crippen molar-refractivity contribution in [2.75, 3.05) is 5.32 Å². The molecule has 1 N–H and O–H groups in total. The Kier molecular flexibility index (Phi) is 3.79. The fraction of sp³-hybridized carbons (Fsp3) is 0.500. The van der Waals surface area contributed by atoms with E-state index in [0.717, 1.165) is 12.6 Å². The molecule has 0 aromatic carbocycles. The van der Waals surface area contributed by atoms with Gasteiger partial charge in [0.2, 0.25) is 11.1 Å². The van der Waals surface area contributed by atoms with Crippen molar-refractivity contribution in [1.29, 1.82) is 0 Å². The van der Waals surface area contributed by atoms with Gasteiger partial charge >= 0.3 is 5.69 Å². The Hall–Kier alpha value is -1.43. The van der Waals surface area contributed by atoms with Gasteiger partial charge in [-0.2, -0.15) is 4.98 Å². The van der Waals surface area contributed by atoms with Crippen LogP contribution in [0.4, 0.5) is 11.5 Å². The predicted molar refractivity (Wildman–Crippen MR) is 57.1 cm³/mol. The normalized spacial score (nSPS) is 12.2.